The highest BCUT2D eigenvalue weighted by Crippen LogP contribution is 2.39. The molecule has 0 saturated heterocycles. The number of halogens is 6. The maximum absolute atomic E-state index is 13.6. The number of carboxylic acid groups (broad SMARTS) is 1. The molecule has 4 nitrogen and oxygen atoms in total. The third-order valence-electron chi connectivity index (χ3n) is 5.87. The van der Waals surface area contributed by atoms with Crippen LogP contribution in [0.2, 0.25) is 0 Å². The van der Waals surface area contributed by atoms with Crippen LogP contribution in [0.5, 0.6) is 5.75 Å². The van der Waals surface area contributed by atoms with Crippen molar-refractivity contribution in [1.29, 1.82) is 0 Å². The maximum Gasteiger partial charge on any atom is 0.416 e. The van der Waals surface area contributed by atoms with E-state index in [2.05, 4.69) is 0 Å². The first-order chi connectivity index (χ1) is 17.2. The molecule has 0 spiro atoms. The summed E-state index contributed by atoms with van der Waals surface area (Å²) in [6.07, 6.45) is -10.8. The third-order valence-corrected chi connectivity index (χ3v) is 5.87. The molecule has 0 heterocycles. The molecule has 37 heavy (non-hydrogen) atoms. The minimum atomic E-state index is -4.69. The number of hydrogen-bond donors (Lipinski definition) is 1. The van der Waals surface area contributed by atoms with Gasteiger partial charge in [-0.1, -0.05) is 38.1 Å². The van der Waals surface area contributed by atoms with Crippen molar-refractivity contribution in [3.8, 4) is 16.9 Å². The Bertz CT molecular complexity index is 1270. The smallest absolute Gasteiger partial charge is 0.416 e. The average Bonchev–Trinajstić information content (AvgIpc) is 2.82. The number of alkyl halides is 6. The van der Waals surface area contributed by atoms with Gasteiger partial charge in [0.1, 0.15) is 5.75 Å². The van der Waals surface area contributed by atoms with Gasteiger partial charge in [0.25, 0.3) is 0 Å². The number of benzene rings is 3. The first-order valence-corrected chi connectivity index (χ1v) is 11.2. The second kappa shape index (κ2) is 10.7. The normalized spacial score (nSPS) is 12.1. The van der Waals surface area contributed by atoms with Gasteiger partial charge >= 0.3 is 18.4 Å². The zero-order valence-corrected chi connectivity index (χ0v) is 20.2. The molecular formula is C27H25F6NO3. The fraction of sp³-hybridized carbons (Fsp3) is 0.296. The van der Waals surface area contributed by atoms with Gasteiger partial charge in [-0.05, 0) is 64.6 Å². The van der Waals surface area contributed by atoms with Crippen molar-refractivity contribution >= 4 is 6.09 Å². The number of hydrogen-bond acceptors (Lipinski definition) is 2. The van der Waals surface area contributed by atoms with Crippen molar-refractivity contribution in [3.63, 3.8) is 0 Å². The van der Waals surface area contributed by atoms with Crippen molar-refractivity contribution in [2.24, 2.45) is 0 Å². The zero-order chi connectivity index (χ0) is 27.5. The predicted molar refractivity (Wildman–Crippen MR) is 126 cm³/mol. The lowest BCUT2D eigenvalue weighted by Crippen LogP contribution is -2.29. The van der Waals surface area contributed by atoms with Crippen LogP contribution in [0, 0.1) is 0 Å². The highest BCUT2D eigenvalue weighted by Gasteiger charge is 2.32. The number of nitrogens with zero attached hydrogens (tertiary/aromatic N) is 1. The number of rotatable bonds is 7. The Kier molecular flexibility index (Phi) is 8.09. The molecule has 0 atom stereocenters. The van der Waals surface area contributed by atoms with Gasteiger partial charge in [-0.3, -0.25) is 4.90 Å². The van der Waals surface area contributed by atoms with Crippen molar-refractivity contribution in [1.82, 2.24) is 4.90 Å². The van der Waals surface area contributed by atoms with E-state index >= 15 is 0 Å². The van der Waals surface area contributed by atoms with Gasteiger partial charge in [0, 0.05) is 18.7 Å². The van der Waals surface area contributed by atoms with E-state index in [1.165, 1.54) is 19.2 Å². The molecule has 0 aliphatic rings. The maximum atomic E-state index is 13.6. The number of carbonyl (C=O) groups is 1. The van der Waals surface area contributed by atoms with Crippen molar-refractivity contribution in [2.45, 2.75) is 45.2 Å². The number of methoxy groups -OCH3 is 1. The summed E-state index contributed by atoms with van der Waals surface area (Å²) in [5.74, 6) is 0.476. The molecule has 3 aromatic rings. The summed E-state index contributed by atoms with van der Waals surface area (Å²) in [7, 11) is 1.41. The molecule has 3 aromatic carbocycles. The van der Waals surface area contributed by atoms with Gasteiger partial charge in [-0.2, -0.15) is 26.3 Å². The third kappa shape index (κ3) is 6.75. The molecule has 0 aromatic heterocycles. The van der Waals surface area contributed by atoms with Crippen molar-refractivity contribution < 1.29 is 41.0 Å². The van der Waals surface area contributed by atoms with Gasteiger partial charge in [-0.15, -0.1) is 0 Å². The van der Waals surface area contributed by atoms with E-state index in [0.717, 1.165) is 40.8 Å². The molecule has 0 fully saturated rings. The van der Waals surface area contributed by atoms with Crippen LogP contribution < -0.4 is 4.74 Å². The van der Waals surface area contributed by atoms with E-state index in [-0.39, 0.29) is 17.0 Å². The van der Waals surface area contributed by atoms with Crippen LogP contribution in [-0.2, 0) is 25.4 Å². The van der Waals surface area contributed by atoms with E-state index in [4.69, 9.17) is 4.74 Å². The SMILES string of the molecule is COc1ccc(C(C)C)cc1-c1ccc(C(F)(F)F)cc1CN(Cc1cccc(C(F)(F)F)c1)C(=O)O. The first-order valence-electron chi connectivity index (χ1n) is 11.2. The van der Waals surface area contributed by atoms with Crippen LogP contribution in [0.4, 0.5) is 31.1 Å². The largest absolute Gasteiger partial charge is 0.496 e. The molecule has 1 N–H and O–H groups in total. The lowest BCUT2D eigenvalue weighted by molar-refractivity contribution is -0.138. The molecule has 0 aliphatic carbocycles. The molecular weight excluding hydrogens is 500 g/mol. The topological polar surface area (TPSA) is 49.8 Å². The van der Waals surface area contributed by atoms with Gasteiger partial charge < -0.3 is 9.84 Å². The highest BCUT2D eigenvalue weighted by atomic mass is 19.4. The molecule has 0 bridgehead atoms. The van der Waals surface area contributed by atoms with Gasteiger partial charge in [-0.25, -0.2) is 4.79 Å². The van der Waals surface area contributed by atoms with Gasteiger partial charge in [0.05, 0.1) is 18.2 Å². The summed E-state index contributed by atoms with van der Waals surface area (Å²) >= 11 is 0. The molecule has 1 amide bonds. The van der Waals surface area contributed by atoms with Crippen molar-refractivity contribution in [2.75, 3.05) is 7.11 Å². The molecule has 0 saturated carbocycles. The van der Waals surface area contributed by atoms with Crippen LogP contribution in [0.1, 0.15) is 47.6 Å². The Morgan fingerprint density at radius 3 is 2.08 bits per heavy atom. The van der Waals surface area contributed by atoms with Crippen LogP contribution >= 0.6 is 0 Å². The Morgan fingerprint density at radius 2 is 1.51 bits per heavy atom. The summed E-state index contributed by atoms with van der Waals surface area (Å²) in [4.78, 5) is 12.8. The predicted octanol–water partition coefficient (Wildman–Crippen LogP) is 8.20. The van der Waals surface area contributed by atoms with Gasteiger partial charge in [0.15, 0.2) is 0 Å². The van der Waals surface area contributed by atoms with Crippen LogP contribution in [-0.4, -0.2) is 23.2 Å². The van der Waals surface area contributed by atoms with E-state index in [9.17, 15) is 36.2 Å². The molecule has 10 heteroatoms. The molecule has 198 valence electrons. The number of amides is 1. The van der Waals surface area contributed by atoms with Crippen molar-refractivity contribution in [3.05, 3.63) is 88.5 Å². The second-order valence-corrected chi connectivity index (χ2v) is 8.82. The highest BCUT2D eigenvalue weighted by molar-refractivity contribution is 5.75. The Morgan fingerprint density at radius 1 is 0.865 bits per heavy atom. The minimum absolute atomic E-state index is 0.0309. The molecule has 0 aliphatic heterocycles. The summed E-state index contributed by atoms with van der Waals surface area (Å²) in [5.41, 5.74) is -0.168. The van der Waals surface area contributed by atoms with E-state index in [0.29, 0.717) is 16.9 Å². The summed E-state index contributed by atoms with van der Waals surface area (Å²) in [6, 6.07) is 12.4. The summed E-state index contributed by atoms with van der Waals surface area (Å²) < 4.78 is 85.4. The van der Waals surface area contributed by atoms with Gasteiger partial charge in [0.2, 0.25) is 0 Å². The standard InChI is InChI=1S/C27H25F6NO3/c1-16(2)18-7-10-24(37-3)23(13-18)22-9-8-21(27(31,32)33)12-19(22)15-34(25(35)36)14-17-5-4-6-20(11-17)26(28,29)30/h4-13,16H,14-15H2,1-3H3,(H,35,36). The monoisotopic (exact) mass is 525 g/mol. The van der Waals surface area contributed by atoms with E-state index in [1.54, 1.807) is 12.1 Å². The fourth-order valence-electron chi connectivity index (χ4n) is 3.92. The quantitative estimate of drug-likeness (QED) is 0.316. The van der Waals surface area contributed by atoms with Crippen LogP contribution in [0.3, 0.4) is 0 Å². The van der Waals surface area contributed by atoms with E-state index in [1.807, 2.05) is 19.9 Å². The lowest BCUT2D eigenvalue weighted by Gasteiger charge is -2.23. The Hall–Kier alpha value is -3.69. The summed E-state index contributed by atoms with van der Waals surface area (Å²) in [5, 5.41) is 9.79. The average molecular weight is 525 g/mol. The first kappa shape index (κ1) is 27.9. The zero-order valence-electron chi connectivity index (χ0n) is 20.2. The molecule has 0 unspecified atom stereocenters. The Labute approximate surface area is 210 Å². The molecule has 3 rings (SSSR count). The molecule has 0 radical (unpaired) electrons. The fourth-order valence-corrected chi connectivity index (χ4v) is 3.92. The second-order valence-electron chi connectivity index (χ2n) is 8.82. The van der Waals surface area contributed by atoms with Crippen LogP contribution in [0.15, 0.2) is 60.7 Å². The van der Waals surface area contributed by atoms with E-state index < -0.39 is 42.7 Å². The minimum Gasteiger partial charge on any atom is -0.496 e. The Balaban J connectivity index is 2.11. The summed E-state index contributed by atoms with van der Waals surface area (Å²) in [6.45, 7) is 2.93. The number of ether oxygens (including phenoxy) is 1. The lowest BCUT2D eigenvalue weighted by atomic mass is 9.92. The van der Waals surface area contributed by atoms with Crippen LogP contribution in [0.25, 0.3) is 11.1 Å².